The van der Waals surface area contributed by atoms with Crippen LogP contribution in [0.2, 0.25) is 0 Å². The molecule has 2 amide bonds. The van der Waals surface area contributed by atoms with Crippen LogP contribution in [0.4, 0.5) is 0 Å². The van der Waals surface area contributed by atoms with Crippen molar-refractivity contribution in [3.05, 3.63) is 35.4 Å². The second-order valence-electron chi connectivity index (χ2n) is 6.59. The maximum Gasteiger partial charge on any atom is 0.253 e. The summed E-state index contributed by atoms with van der Waals surface area (Å²) in [6.45, 7) is 3.61. The van der Waals surface area contributed by atoms with Crippen molar-refractivity contribution in [1.29, 1.82) is 0 Å². The summed E-state index contributed by atoms with van der Waals surface area (Å²) in [5.74, 6) is -0.362. The first-order valence-electron chi connectivity index (χ1n) is 9.19. The molecular weight excluding hydrogens is 368 g/mol. The number of amides is 2. The standard InChI is InChI=1S/C18H28N4O4S/c1-2-27(25,26)21-12-14-5-7-15(8-6-14)18(24)22-11-3-4-16(13-22)17(23)20-10-9-19/h5-8,16,21H,2-4,9-13,19H2,1H3,(H,20,23). The molecule has 150 valence electrons. The molecule has 0 saturated carbocycles. The molecule has 9 heteroatoms. The summed E-state index contributed by atoms with van der Waals surface area (Å²) in [4.78, 5) is 26.5. The number of rotatable bonds is 8. The van der Waals surface area contributed by atoms with Gasteiger partial charge in [0.25, 0.3) is 5.91 Å². The van der Waals surface area contributed by atoms with Gasteiger partial charge in [0.2, 0.25) is 15.9 Å². The fraction of sp³-hybridized carbons (Fsp3) is 0.556. The van der Waals surface area contributed by atoms with Gasteiger partial charge in [-0.2, -0.15) is 0 Å². The summed E-state index contributed by atoms with van der Waals surface area (Å²) in [5.41, 5.74) is 6.71. The number of nitrogens with one attached hydrogen (secondary N) is 2. The molecule has 8 nitrogen and oxygen atoms in total. The number of carbonyl (C=O) groups is 2. The molecule has 1 aliphatic rings. The van der Waals surface area contributed by atoms with Gasteiger partial charge in [-0.1, -0.05) is 12.1 Å². The van der Waals surface area contributed by atoms with Gasteiger partial charge in [-0.3, -0.25) is 9.59 Å². The Kier molecular flexibility index (Phi) is 7.76. The monoisotopic (exact) mass is 396 g/mol. The van der Waals surface area contributed by atoms with Crippen LogP contribution in [0.3, 0.4) is 0 Å². The molecule has 1 fully saturated rings. The normalized spacial score (nSPS) is 17.6. The summed E-state index contributed by atoms with van der Waals surface area (Å²) < 4.78 is 25.5. The van der Waals surface area contributed by atoms with Gasteiger partial charge in [-0.15, -0.1) is 0 Å². The zero-order valence-corrected chi connectivity index (χ0v) is 16.4. The third kappa shape index (κ3) is 6.30. The first-order valence-corrected chi connectivity index (χ1v) is 10.8. The van der Waals surface area contributed by atoms with E-state index >= 15 is 0 Å². The van der Waals surface area contributed by atoms with E-state index in [0.29, 0.717) is 31.7 Å². The van der Waals surface area contributed by atoms with Crippen LogP contribution in [0, 0.1) is 5.92 Å². The number of piperidine rings is 1. The lowest BCUT2D eigenvalue weighted by molar-refractivity contribution is -0.126. The number of hydrogen-bond acceptors (Lipinski definition) is 5. The predicted octanol–water partition coefficient (Wildman–Crippen LogP) is 0.0530. The highest BCUT2D eigenvalue weighted by Gasteiger charge is 2.28. The van der Waals surface area contributed by atoms with Crippen molar-refractivity contribution in [3.63, 3.8) is 0 Å². The lowest BCUT2D eigenvalue weighted by Crippen LogP contribution is -2.46. The van der Waals surface area contributed by atoms with Crippen LogP contribution in [-0.2, 0) is 21.4 Å². The molecule has 1 heterocycles. The molecule has 1 aliphatic heterocycles. The Morgan fingerprint density at radius 1 is 1.26 bits per heavy atom. The lowest BCUT2D eigenvalue weighted by Gasteiger charge is -2.32. The summed E-state index contributed by atoms with van der Waals surface area (Å²) in [7, 11) is -3.25. The maximum absolute atomic E-state index is 12.7. The van der Waals surface area contributed by atoms with Crippen molar-refractivity contribution in [2.75, 3.05) is 31.9 Å². The van der Waals surface area contributed by atoms with Gasteiger partial charge in [0.05, 0.1) is 11.7 Å². The zero-order valence-electron chi connectivity index (χ0n) is 15.6. The molecule has 1 unspecified atom stereocenters. The molecule has 1 saturated heterocycles. The average molecular weight is 397 g/mol. The molecule has 0 radical (unpaired) electrons. The molecule has 2 rings (SSSR count). The molecule has 1 aromatic carbocycles. The fourth-order valence-corrected chi connectivity index (χ4v) is 3.55. The molecule has 0 aliphatic carbocycles. The van der Waals surface area contributed by atoms with E-state index in [9.17, 15) is 18.0 Å². The molecular formula is C18H28N4O4S. The first-order chi connectivity index (χ1) is 12.9. The van der Waals surface area contributed by atoms with Crippen LogP contribution in [0.25, 0.3) is 0 Å². The molecule has 1 atom stereocenters. The summed E-state index contributed by atoms with van der Waals surface area (Å²) >= 11 is 0. The van der Waals surface area contributed by atoms with Crippen molar-refractivity contribution in [3.8, 4) is 0 Å². The smallest absolute Gasteiger partial charge is 0.253 e. The van der Waals surface area contributed by atoms with Crippen molar-refractivity contribution in [2.24, 2.45) is 11.7 Å². The Bertz CT molecular complexity index is 749. The second-order valence-corrected chi connectivity index (χ2v) is 8.69. The number of nitrogens with zero attached hydrogens (tertiary/aromatic N) is 1. The van der Waals surface area contributed by atoms with Gasteiger partial charge in [0.15, 0.2) is 0 Å². The van der Waals surface area contributed by atoms with Crippen LogP contribution in [0.1, 0.15) is 35.7 Å². The highest BCUT2D eigenvalue weighted by Crippen LogP contribution is 2.19. The van der Waals surface area contributed by atoms with Gasteiger partial charge in [-0.05, 0) is 37.5 Å². The molecule has 1 aromatic rings. The van der Waals surface area contributed by atoms with Crippen molar-refractivity contribution in [1.82, 2.24) is 14.9 Å². The van der Waals surface area contributed by atoms with E-state index < -0.39 is 10.0 Å². The second kappa shape index (κ2) is 9.82. The van der Waals surface area contributed by atoms with E-state index in [1.165, 1.54) is 0 Å². The molecule has 0 bridgehead atoms. The SMILES string of the molecule is CCS(=O)(=O)NCc1ccc(C(=O)N2CCCC(C(=O)NCCN)C2)cc1. The van der Waals surface area contributed by atoms with Gasteiger partial charge in [0, 0.05) is 38.3 Å². The Labute approximate surface area is 160 Å². The zero-order chi connectivity index (χ0) is 19.9. The van der Waals surface area contributed by atoms with Gasteiger partial charge in [0.1, 0.15) is 0 Å². The predicted molar refractivity (Wildman–Crippen MR) is 103 cm³/mol. The van der Waals surface area contributed by atoms with E-state index in [-0.39, 0.29) is 30.0 Å². The molecule has 4 N–H and O–H groups in total. The minimum Gasteiger partial charge on any atom is -0.355 e. The number of hydrogen-bond donors (Lipinski definition) is 3. The van der Waals surface area contributed by atoms with E-state index in [0.717, 1.165) is 18.4 Å². The molecule has 0 spiro atoms. The van der Waals surface area contributed by atoms with E-state index in [1.807, 2.05) is 0 Å². The van der Waals surface area contributed by atoms with Crippen LogP contribution < -0.4 is 15.8 Å². The van der Waals surface area contributed by atoms with Crippen LogP contribution in [0.5, 0.6) is 0 Å². The quantitative estimate of drug-likeness (QED) is 0.573. The van der Waals surface area contributed by atoms with Crippen LogP contribution >= 0.6 is 0 Å². The number of nitrogens with two attached hydrogens (primary N) is 1. The van der Waals surface area contributed by atoms with Crippen molar-refractivity contribution >= 4 is 21.8 Å². The van der Waals surface area contributed by atoms with Gasteiger partial charge >= 0.3 is 0 Å². The van der Waals surface area contributed by atoms with Crippen molar-refractivity contribution in [2.45, 2.75) is 26.3 Å². The van der Waals surface area contributed by atoms with E-state index in [4.69, 9.17) is 5.73 Å². The van der Waals surface area contributed by atoms with E-state index in [2.05, 4.69) is 10.0 Å². The Hall–Kier alpha value is -1.97. The Morgan fingerprint density at radius 2 is 1.96 bits per heavy atom. The summed E-state index contributed by atoms with van der Waals surface area (Å²) in [6, 6.07) is 6.85. The molecule has 0 aromatic heterocycles. The van der Waals surface area contributed by atoms with Gasteiger partial charge in [-0.25, -0.2) is 13.1 Å². The number of benzene rings is 1. The van der Waals surface area contributed by atoms with Crippen molar-refractivity contribution < 1.29 is 18.0 Å². The third-order valence-electron chi connectivity index (χ3n) is 4.60. The summed E-state index contributed by atoms with van der Waals surface area (Å²) in [5, 5.41) is 2.78. The number of likely N-dealkylation sites (tertiary alicyclic amines) is 1. The highest BCUT2D eigenvalue weighted by molar-refractivity contribution is 7.89. The van der Waals surface area contributed by atoms with Gasteiger partial charge < -0.3 is 16.0 Å². The highest BCUT2D eigenvalue weighted by atomic mass is 32.2. The number of sulfonamides is 1. The van der Waals surface area contributed by atoms with E-state index in [1.54, 1.807) is 36.1 Å². The third-order valence-corrected chi connectivity index (χ3v) is 5.94. The average Bonchev–Trinajstić information content (AvgIpc) is 2.70. The van der Waals surface area contributed by atoms with Crippen LogP contribution in [0.15, 0.2) is 24.3 Å². The Balaban J connectivity index is 1.95. The minimum absolute atomic E-state index is 0.0263. The minimum atomic E-state index is -3.25. The lowest BCUT2D eigenvalue weighted by atomic mass is 9.96. The largest absolute Gasteiger partial charge is 0.355 e. The summed E-state index contributed by atoms with van der Waals surface area (Å²) in [6.07, 6.45) is 1.54. The Morgan fingerprint density at radius 3 is 2.59 bits per heavy atom. The van der Waals surface area contributed by atoms with Crippen LogP contribution in [-0.4, -0.2) is 57.1 Å². The molecule has 27 heavy (non-hydrogen) atoms. The first kappa shape index (κ1) is 21.3. The fourth-order valence-electron chi connectivity index (χ4n) is 2.96. The maximum atomic E-state index is 12.7. The topological polar surface area (TPSA) is 122 Å². The number of carbonyl (C=O) groups excluding carboxylic acids is 2.